The largest absolute Gasteiger partial charge is 0.339 e. The van der Waals surface area contributed by atoms with Crippen LogP contribution in [0.4, 0.5) is 0 Å². The van der Waals surface area contributed by atoms with E-state index >= 15 is 0 Å². The van der Waals surface area contributed by atoms with Gasteiger partial charge in [-0.25, -0.2) is 9.50 Å². The van der Waals surface area contributed by atoms with Crippen LogP contribution in [0.15, 0.2) is 55.0 Å². The molecule has 1 aromatic carbocycles. The van der Waals surface area contributed by atoms with E-state index in [2.05, 4.69) is 34.3 Å². The fourth-order valence-electron chi connectivity index (χ4n) is 3.67. The predicted octanol–water partition coefficient (Wildman–Crippen LogP) is 1.86. The number of carbonyl (C=O) groups excluding carboxylic acids is 1. The van der Waals surface area contributed by atoms with Gasteiger partial charge in [0, 0.05) is 31.2 Å². The molecular formula is C19H21N5O. The first-order valence-corrected chi connectivity index (χ1v) is 8.56. The minimum atomic E-state index is -0.0338. The van der Waals surface area contributed by atoms with Gasteiger partial charge in [0.05, 0.1) is 5.56 Å². The number of piperidine rings is 1. The summed E-state index contributed by atoms with van der Waals surface area (Å²) >= 11 is 0. The van der Waals surface area contributed by atoms with Crippen molar-refractivity contribution in [2.24, 2.45) is 5.73 Å². The molecule has 3 aromatic rings. The second-order valence-electron chi connectivity index (χ2n) is 6.62. The van der Waals surface area contributed by atoms with Crippen LogP contribution in [0.25, 0.3) is 5.65 Å². The van der Waals surface area contributed by atoms with Crippen molar-refractivity contribution in [2.45, 2.75) is 18.3 Å². The van der Waals surface area contributed by atoms with Crippen molar-refractivity contribution in [2.75, 3.05) is 19.6 Å². The molecule has 0 unspecified atom stereocenters. The Morgan fingerprint density at radius 1 is 1.12 bits per heavy atom. The number of aromatic nitrogens is 3. The number of hydrogen-bond acceptors (Lipinski definition) is 4. The Labute approximate surface area is 146 Å². The summed E-state index contributed by atoms with van der Waals surface area (Å²) < 4.78 is 1.63. The highest BCUT2D eigenvalue weighted by Gasteiger charge is 2.36. The quantitative estimate of drug-likeness (QED) is 0.793. The van der Waals surface area contributed by atoms with Gasteiger partial charge in [-0.05, 0) is 30.5 Å². The van der Waals surface area contributed by atoms with Gasteiger partial charge in [0.1, 0.15) is 6.33 Å². The predicted molar refractivity (Wildman–Crippen MR) is 95.3 cm³/mol. The van der Waals surface area contributed by atoms with E-state index < -0.39 is 0 Å². The summed E-state index contributed by atoms with van der Waals surface area (Å²) in [7, 11) is 0. The van der Waals surface area contributed by atoms with Gasteiger partial charge in [-0.1, -0.05) is 30.3 Å². The second-order valence-corrected chi connectivity index (χ2v) is 6.62. The Bertz CT molecular complexity index is 881. The smallest absolute Gasteiger partial charge is 0.255 e. The van der Waals surface area contributed by atoms with Gasteiger partial charge in [0.2, 0.25) is 0 Å². The number of nitrogens with two attached hydrogens (primary N) is 1. The summed E-state index contributed by atoms with van der Waals surface area (Å²) in [6.07, 6.45) is 4.99. The number of hydrogen-bond donors (Lipinski definition) is 1. The maximum atomic E-state index is 12.8. The van der Waals surface area contributed by atoms with Crippen molar-refractivity contribution in [3.63, 3.8) is 0 Å². The van der Waals surface area contributed by atoms with Crippen LogP contribution in [0.5, 0.6) is 0 Å². The van der Waals surface area contributed by atoms with Crippen LogP contribution in [0, 0.1) is 0 Å². The van der Waals surface area contributed by atoms with Crippen LogP contribution in [-0.4, -0.2) is 45.0 Å². The Kier molecular flexibility index (Phi) is 3.97. The zero-order valence-electron chi connectivity index (χ0n) is 14.0. The SMILES string of the molecule is NCC1(c2ccccc2)CCN(C(=O)c2ccc3ncnn3c2)CC1. The van der Waals surface area contributed by atoms with E-state index in [1.54, 1.807) is 10.7 Å². The number of fused-ring (bicyclic) bond motifs is 1. The monoisotopic (exact) mass is 335 g/mol. The Balaban J connectivity index is 1.51. The topological polar surface area (TPSA) is 76.5 Å². The Morgan fingerprint density at radius 2 is 1.88 bits per heavy atom. The molecular weight excluding hydrogens is 314 g/mol. The summed E-state index contributed by atoms with van der Waals surface area (Å²) in [5.41, 5.74) is 8.74. The van der Waals surface area contributed by atoms with Gasteiger partial charge in [-0.2, -0.15) is 5.10 Å². The second kappa shape index (κ2) is 6.29. The number of amides is 1. The standard InChI is InChI=1S/C19H21N5O/c20-13-19(16-4-2-1-3-5-16)8-10-23(11-9-19)18(25)15-6-7-17-21-14-22-24(17)12-15/h1-7,12,14H,8-11,13,20H2. The fraction of sp³-hybridized carbons (Fsp3) is 0.316. The van der Waals surface area contributed by atoms with Crippen molar-refractivity contribution in [3.8, 4) is 0 Å². The van der Waals surface area contributed by atoms with E-state index in [0.29, 0.717) is 25.2 Å². The lowest BCUT2D eigenvalue weighted by Crippen LogP contribution is -2.48. The van der Waals surface area contributed by atoms with Crippen molar-refractivity contribution in [1.29, 1.82) is 0 Å². The third kappa shape index (κ3) is 2.78. The summed E-state index contributed by atoms with van der Waals surface area (Å²) in [6, 6.07) is 14.0. The summed E-state index contributed by atoms with van der Waals surface area (Å²) in [6.45, 7) is 2.02. The van der Waals surface area contributed by atoms with Gasteiger partial charge >= 0.3 is 0 Å². The molecule has 1 aliphatic rings. The first kappa shape index (κ1) is 15.8. The van der Waals surface area contributed by atoms with Crippen LogP contribution in [0.2, 0.25) is 0 Å². The molecule has 1 amide bonds. The van der Waals surface area contributed by atoms with Crippen molar-refractivity contribution in [3.05, 3.63) is 66.1 Å². The molecule has 1 aliphatic heterocycles. The molecule has 0 saturated carbocycles. The van der Waals surface area contributed by atoms with Crippen LogP contribution in [0.3, 0.4) is 0 Å². The van der Waals surface area contributed by atoms with Gasteiger partial charge in [0.15, 0.2) is 5.65 Å². The molecule has 25 heavy (non-hydrogen) atoms. The number of nitrogens with zero attached hydrogens (tertiary/aromatic N) is 4. The molecule has 0 spiro atoms. The van der Waals surface area contributed by atoms with E-state index in [-0.39, 0.29) is 11.3 Å². The lowest BCUT2D eigenvalue weighted by Gasteiger charge is -2.41. The zero-order valence-corrected chi connectivity index (χ0v) is 14.0. The van der Waals surface area contributed by atoms with E-state index in [1.807, 2.05) is 23.1 Å². The lowest BCUT2D eigenvalue weighted by atomic mass is 9.73. The molecule has 0 bridgehead atoms. The van der Waals surface area contributed by atoms with Crippen LogP contribution < -0.4 is 5.73 Å². The normalized spacial score (nSPS) is 16.9. The Morgan fingerprint density at radius 3 is 2.60 bits per heavy atom. The highest BCUT2D eigenvalue weighted by atomic mass is 16.2. The maximum Gasteiger partial charge on any atom is 0.255 e. The van der Waals surface area contributed by atoms with Crippen LogP contribution in [0.1, 0.15) is 28.8 Å². The molecule has 4 rings (SSSR count). The molecule has 0 radical (unpaired) electrons. The highest BCUT2D eigenvalue weighted by Crippen LogP contribution is 2.34. The van der Waals surface area contributed by atoms with Gasteiger partial charge in [-0.3, -0.25) is 4.79 Å². The maximum absolute atomic E-state index is 12.8. The van der Waals surface area contributed by atoms with E-state index in [4.69, 9.17) is 5.73 Å². The van der Waals surface area contributed by atoms with Gasteiger partial charge < -0.3 is 10.6 Å². The third-order valence-electron chi connectivity index (χ3n) is 5.31. The highest BCUT2D eigenvalue weighted by molar-refractivity contribution is 5.94. The van der Waals surface area contributed by atoms with Gasteiger partial charge in [0.25, 0.3) is 5.91 Å². The molecule has 0 aliphatic carbocycles. The first-order valence-electron chi connectivity index (χ1n) is 8.56. The average molecular weight is 335 g/mol. The van der Waals surface area contributed by atoms with Crippen LogP contribution in [-0.2, 0) is 5.41 Å². The third-order valence-corrected chi connectivity index (χ3v) is 5.31. The van der Waals surface area contributed by atoms with Crippen molar-refractivity contribution >= 4 is 11.6 Å². The van der Waals surface area contributed by atoms with E-state index in [0.717, 1.165) is 18.5 Å². The lowest BCUT2D eigenvalue weighted by molar-refractivity contribution is 0.0669. The summed E-state index contributed by atoms with van der Waals surface area (Å²) in [5, 5.41) is 4.10. The summed E-state index contributed by atoms with van der Waals surface area (Å²) in [4.78, 5) is 18.9. The molecule has 128 valence electrons. The average Bonchev–Trinajstić information content (AvgIpc) is 3.16. The molecule has 6 nitrogen and oxygen atoms in total. The summed E-state index contributed by atoms with van der Waals surface area (Å²) in [5.74, 6) is 0.0380. The molecule has 1 fully saturated rings. The van der Waals surface area contributed by atoms with Crippen molar-refractivity contribution < 1.29 is 4.79 Å². The van der Waals surface area contributed by atoms with Gasteiger partial charge in [-0.15, -0.1) is 0 Å². The van der Waals surface area contributed by atoms with E-state index in [9.17, 15) is 4.79 Å². The number of carbonyl (C=O) groups is 1. The first-order chi connectivity index (χ1) is 12.2. The fourth-order valence-corrected chi connectivity index (χ4v) is 3.67. The minimum Gasteiger partial charge on any atom is -0.339 e. The molecule has 1 saturated heterocycles. The molecule has 6 heteroatoms. The number of likely N-dealkylation sites (tertiary alicyclic amines) is 1. The number of rotatable bonds is 3. The minimum absolute atomic E-state index is 0.0338. The molecule has 0 atom stereocenters. The van der Waals surface area contributed by atoms with Crippen molar-refractivity contribution in [1.82, 2.24) is 19.5 Å². The molecule has 3 heterocycles. The van der Waals surface area contributed by atoms with Crippen LogP contribution >= 0.6 is 0 Å². The number of benzene rings is 1. The molecule has 2 N–H and O–H groups in total. The zero-order chi connectivity index (χ0) is 17.3. The molecule has 2 aromatic heterocycles. The number of pyridine rings is 1. The van der Waals surface area contributed by atoms with E-state index in [1.165, 1.54) is 11.9 Å². The Hall–Kier alpha value is -2.73.